The number of aryl methyl sites for hydroxylation is 1. The molecule has 0 bridgehead atoms. The largest absolute Gasteiger partial charge is 0.381 e. The second-order valence-electron chi connectivity index (χ2n) is 3.72. The van der Waals surface area contributed by atoms with E-state index in [-0.39, 0.29) is 5.54 Å². The Balaban J connectivity index is 2.10. The van der Waals surface area contributed by atoms with E-state index in [1.807, 2.05) is 12.3 Å². The topological polar surface area (TPSA) is 48.1 Å². The standard InChI is InChI=1S/C9H14N2OS/c1-6-5-13-8(11-6)9(10)3-7(4-9)12-2/h5,7H,3-4,10H2,1-2H3. The van der Waals surface area contributed by atoms with E-state index in [1.54, 1.807) is 18.4 Å². The van der Waals surface area contributed by atoms with E-state index in [2.05, 4.69) is 4.98 Å². The molecule has 1 aromatic heterocycles. The Morgan fingerprint density at radius 2 is 2.38 bits per heavy atom. The smallest absolute Gasteiger partial charge is 0.113 e. The molecule has 0 aliphatic heterocycles. The van der Waals surface area contributed by atoms with Crippen molar-refractivity contribution in [3.05, 3.63) is 16.1 Å². The molecular weight excluding hydrogens is 184 g/mol. The third kappa shape index (κ3) is 1.49. The summed E-state index contributed by atoms with van der Waals surface area (Å²) < 4.78 is 5.21. The fraction of sp³-hybridized carbons (Fsp3) is 0.667. The lowest BCUT2D eigenvalue weighted by atomic mass is 9.75. The predicted molar refractivity (Wildman–Crippen MR) is 52.7 cm³/mol. The average molecular weight is 198 g/mol. The molecular formula is C9H14N2OS. The van der Waals surface area contributed by atoms with Gasteiger partial charge in [-0.15, -0.1) is 11.3 Å². The van der Waals surface area contributed by atoms with Crippen molar-refractivity contribution in [1.29, 1.82) is 0 Å². The van der Waals surface area contributed by atoms with Crippen molar-refractivity contribution in [2.24, 2.45) is 5.73 Å². The van der Waals surface area contributed by atoms with Crippen LogP contribution in [0.5, 0.6) is 0 Å². The molecule has 1 saturated carbocycles. The molecule has 4 heteroatoms. The highest BCUT2D eigenvalue weighted by atomic mass is 32.1. The Morgan fingerprint density at radius 1 is 1.69 bits per heavy atom. The highest BCUT2D eigenvalue weighted by molar-refractivity contribution is 7.09. The van der Waals surface area contributed by atoms with Crippen LogP contribution in [0, 0.1) is 6.92 Å². The Kier molecular flexibility index (Phi) is 2.14. The first-order valence-corrected chi connectivity index (χ1v) is 5.26. The molecule has 0 amide bonds. The first-order valence-electron chi connectivity index (χ1n) is 4.38. The van der Waals surface area contributed by atoms with E-state index in [0.29, 0.717) is 6.10 Å². The van der Waals surface area contributed by atoms with Crippen LogP contribution < -0.4 is 5.73 Å². The molecule has 0 aromatic carbocycles. The predicted octanol–water partition coefficient (Wildman–Crippen LogP) is 1.41. The van der Waals surface area contributed by atoms with Gasteiger partial charge in [0, 0.05) is 18.2 Å². The number of nitrogens with zero attached hydrogens (tertiary/aromatic N) is 1. The van der Waals surface area contributed by atoms with Gasteiger partial charge in [-0.2, -0.15) is 0 Å². The zero-order valence-electron chi connectivity index (χ0n) is 7.91. The zero-order valence-corrected chi connectivity index (χ0v) is 8.73. The molecule has 0 radical (unpaired) electrons. The van der Waals surface area contributed by atoms with E-state index < -0.39 is 0 Å². The molecule has 1 aliphatic carbocycles. The molecule has 1 aromatic rings. The molecule has 0 unspecified atom stereocenters. The van der Waals surface area contributed by atoms with Gasteiger partial charge in [0.1, 0.15) is 5.01 Å². The van der Waals surface area contributed by atoms with Crippen LogP contribution in [-0.4, -0.2) is 18.2 Å². The second kappa shape index (κ2) is 3.04. The fourth-order valence-corrected chi connectivity index (χ4v) is 2.61. The molecule has 0 spiro atoms. The Bertz CT molecular complexity index is 304. The first-order chi connectivity index (χ1) is 6.14. The van der Waals surface area contributed by atoms with Gasteiger partial charge in [-0.3, -0.25) is 0 Å². The number of hydrogen-bond donors (Lipinski definition) is 1. The van der Waals surface area contributed by atoms with Crippen LogP contribution in [0.3, 0.4) is 0 Å². The minimum atomic E-state index is -0.209. The van der Waals surface area contributed by atoms with E-state index in [1.165, 1.54) is 0 Å². The minimum absolute atomic E-state index is 0.209. The summed E-state index contributed by atoms with van der Waals surface area (Å²) in [6.07, 6.45) is 2.13. The highest BCUT2D eigenvalue weighted by Gasteiger charge is 2.44. The summed E-state index contributed by atoms with van der Waals surface area (Å²) in [6.45, 7) is 2.00. The summed E-state index contributed by atoms with van der Waals surface area (Å²) >= 11 is 1.65. The second-order valence-corrected chi connectivity index (χ2v) is 4.57. The summed E-state index contributed by atoms with van der Waals surface area (Å²) in [4.78, 5) is 4.41. The first kappa shape index (κ1) is 9.12. The van der Waals surface area contributed by atoms with E-state index in [4.69, 9.17) is 10.5 Å². The Labute approximate surface area is 81.9 Å². The summed E-state index contributed by atoms with van der Waals surface area (Å²) in [5.41, 5.74) is 7.02. The molecule has 3 nitrogen and oxygen atoms in total. The number of rotatable bonds is 2. The third-order valence-corrected chi connectivity index (χ3v) is 3.74. The Hall–Kier alpha value is -0.450. The van der Waals surface area contributed by atoms with Crippen molar-refractivity contribution in [2.45, 2.75) is 31.4 Å². The number of ether oxygens (including phenoxy) is 1. The normalized spacial score (nSPS) is 33.0. The maximum absolute atomic E-state index is 6.17. The summed E-state index contributed by atoms with van der Waals surface area (Å²) in [5, 5.41) is 3.10. The fourth-order valence-electron chi connectivity index (χ4n) is 1.68. The van der Waals surface area contributed by atoms with Gasteiger partial charge in [-0.25, -0.2) is 4.98 Å². The number of hydrogen-bond acceptors (Lipinski definition) is 4. The number of aromatic nitrogens is 1. The third-order valence-electron chi connectivity index (χ3n) is 2.56. The molecule has 1 fully saturated rings. The van der Waals surface area contributed by atoms with E-state index >= 15 is 0 Å². The van der Waals surface area contributed by atoms with Crippen molar-refractivity contribution in [2.75, 3.05) is 7.11 Å². The quantitative estimate of drug-likeness (QED) is 0.781. The number of nitrogens with two attached hydrogens (primary N) is 1. The maximum atomic E-state index is 6.17. The average Bonchev–Trinajstić information content (AvgIpc) is 2.46. The monoisotopic (exact) mass is 198 g/mol. The zero-order chi connectivity index (χ0) is 9.47. The van der Waals surface area contributed by atoms with Crippen LogP contribution in [0.15, 0.2) is 5.38 Å². The van der Waals surface area contributed by atoms with Crippen molar-refractivity contribution >= 4 is 11.3 Å². The SMILES string of the molecule is COC1CC(N)(c2nc(C)cs2)C1. The van der Waals surface area contributed by atoms with Crippen molar-refractivity contribution in [3.8, 4) is 0 Å². The van der Waals surface area contributed by atoms with Crippen LogP contribution in [0.2, 0.25) is 0 Å². The number of thiazole rings is 1. The lowest BCUT2D eigenvalue weighted by molar-refractivity contribution is -0.0162. The van der Waals surface area contributed by atoms with Gasteiger partial charge in [0.25, 0.3) is 0 Å². The van der Waals surface area contributed by atoms with Crippen LogP contribution in [0.4, 0.5) is 0 Å². The lowest BCUT2D eigenvalue weighted by Gasteiger charge is -2.42. The van der Waals surface area contributed by atoms with Gasteiger partial charge in [0.15, 0.2) is 0 Å². The minimum Gasteiger partial charge on any atom is -0.381 e. The van der Waals surface area contributed by atoms with Crippen molar-refractivity contribution in [1.82, 2.24) is 4.98 Å². The molecule has 2 N–H and O–H groups in total. The van der Waals surface area contributed by atoms with Gasteiger partial charge in [0.05, 0.1) is 11.6 Å². The van der Waals surface area contributed by atoms with Crippen molar-refractivity contribution < 1.29 is 4.74 Å². The lowest BCUT2D eigenvalue weighted by Crippen LogP contribution is -2.52. The highest BCUT2D eigenvalue weighted by Crippen LogP contribution is 2.41. The molecule has 1 heterocycles. The van der Waals surface area contributed by atoms with Crippen LogP contribution in [-0.2, 0) is 10.3 Å². The van der Waals surface area contributed by atoms with E-state index in [0.717, 1.165) is 23.5 Å². The van der Waals surface area contributed by atoms with Gasteiger partial charge >= 0.3 is 0 Å². The Morgan fingerprint density at radius 3 is 2.85 bits per heavy atom. The van der Waals surface area contributed by atoms with E-state index in [9.17, 15) is 0 Å². The van der Waals surface area contributed by atoms with Gasteiger partial charge in [0.2, 0.25) is 0 Å². The van der Waals surface area contributed by atoms with Gasteiger partial charge < -0.3 is 10.5 Å². The summed E-state index contributed by atoms with van der Waals surface area (Å²) in [6, 6.07) is 0. The summed E-state index contributed by atoms with van der Waals surface area (Å²) in [5.74, 6) is 0. The number of methoxy groups -OCH3 is 1. The molecule has 0 saturated heterocycles. The van der Waals surface area contributed by atoms with Crippen LogP contribution in [0.25, 0.3) is 0 Å². The van der Waals surface area contributed by atoms with Crippen LogP contribution >= 0.6 is 11.3 Å². The molecule has 0 atom stereocenters. The molecule has 13 heavy (non-hydrogen) atoms. The maximum Gasteiger partial charge on any atom is 0.113 e. The summed E-state index contributed by atoms with van der Waals surface area (Å²) in [7, 11) is 1.73. The van der Waals surface area contributed by atoms with Gasteiger partial charge in [-0.05, 0) is 19.8 Å². The molecule has 2 rings (SSSR count). The van der Waals surface area contributed by atoms with Gasteiger partial charge in [-0.1, -0.05) is 0 Å². The molecule has 1 aliphatic rings. The molecule has 72 valence electrons. The van der Waals surface area contributed by atoms with Crippen molar-refractivity contribution in [3.63, 3.8) is 0 Å². The van der Waals surface area contributed by atoms with Crippen LogP contribution in [0.1, 0.15) is 23.5 Å².